The fourth-order valence-electron chi connectivity index (χ4n) is 8.68. The molecule has 226 valence electrons. The van der Waals surface area contributed by atoms with Crippen LogP contribution in [0.15, 0.2) is 164 Å². The lowest BCUT2D eigenvalue weighted by molar-refractivity contribution is 0.590. The summed E-state index contributed by atoms with van der Waals surface area (Å²) in [5, 5.41) is 13.2. The zero-order chi connectivity index (χ0) is 31.8. The van der Waals surface area contributed by atoms with Crippen molar-refractivity contribution in [1.29, 1.82) is 0 Å². The number of allylic oxidation sites excluding steroid dienone is 2. The topological polar surface area (TPSA) is 0 Å². The summed E-state index contributed by atoms with van der Waals surface area (Å²) < 4.78 is 0. The monoisotopic (exact) mass is 610 g/mol. The average molecular weight is 611 g/mol. The van der Waals surface area contributed by atoms with Gasteiger partial charge in [0.2, 0.25) is 0 Å². The molecule has 2 unspecified atom stereocenters. The molecule has 0 radical (unpaired) electrons. The molecule has 0 N–H and O–H groups in total. The van der Waals surface area contributed by atoms with Crippen molar-refractivity contribution in [2.45, 2.75) is 19.3 Å². The van der Waals surface area contributed by atoms with Gasteiger partial charge in [0.05, 0.1) is 0 Å². The number of fused-ring (bicyclic) bond motifs is 2. The Balaban J connectivity index is 1.02. The fraction of sp³-hybridized carbons (Fsp3) is 0.0833. The minimum atomic E-state index is 0.446. The quantitative estimate of drug-likeness (QED) is 0.137. The Morgan fingerprint density at radius 1 is 0.438 bits per heavy atom. The Labute approximate surface area is 280 Å². The predicted octanol–water partition coefficient (Wildman–Crippen LogP) is 13.4. The SMILES string of the molecule is CC1C=C(c2cccc(-c3c4ccccc4cc4ccccc34)c2)CC1c1cccc(-c2ccc3ccc4cccc5ccc2c3c45)c1. The molecule has 0 heteroatoms. The molecule has 0 spiro atoms. The van der Waals surface area contributed by atoms with Crippen LogP contribution in [-0.4, -0.2) is 0 Å². The van der Waals surface area contributed by atoms with Gasteiger partial charge in [-0.25, -0.2) is 0 Å². The van der Waals surface area contributed by atoms with Gasteiger partial charge in [-0.15, -0.1) is 0 Å². The highest BCUT2D eigenvalue weighted by atomic mass is 14.3. The lowest BCUT2D eigenvalue weighted by atomic mass is 9.85. The van der Waals surface area contributed by atoms with Crippen molar-refractivity contribution in [3.05, 3.63) is 175 Å². The highest BCUT2D eigenvalue weighted by molar-refractivity contribution is 6.25. The van der Waals surface area contributed by atoms with Crippen molar-refractivity contribution in [2.24, 2.45) is 5.92 Å². The van der Waals surface area contributed by atoms with E-state index in [1.165, 1.54) is 92.8 Å². The second kappa shape index (κ2) is 10.7. The summed E-state index contributed by atoms with van der Waals surface area (Å²) in [7, 11) is 0. The third kappa shape index (κ3) is 4.23. The van der Waals surface area contributed by atoms with E-state index in [1.54, 1.807) is 0 Å². The minimum Gasteiger partial charge on any atom is -0.0772 e. The van der Waals surface area contributed by atoms with Gasteiger partial charge in [-0.1, -0.05) is 159 Å². The van der Waals surface area contributed by atoms with Crippen molar-refractivity contribution in [3.63, 3.8) is 0 Å². The molecule has 1 aliphatic rings. The summed E-state index contributed by atoms with van der Waals surface area (Å²) in [6.45, 7) is 2.39. The lowest BCUT2D eigenvalue weighted by Gasteiger charge is -2.19. The Kier molecular flexibility index (Phi) is 6.08. The fourth-order valence-corrected chi connectivity index (χ4v) is 8.68. The van der Waals surface area contributed by atoms with Crippen molar-refractivity contribution < 1.29 is 0 Å². The third-order valence-corrected chi connectivity index (χ3v) is 11.0. The van der Waals surface area contributed by atoms with Crippen LogP contribution in [0.3, 0.4) is 0 Å². The molecule has 0 saturated heterocycles. The van der Waals surface area contributed by atoms with Crippen LogP contribution in [0.4, 0.5) is 0 Å². The maximum atomic E-state index is 2.52. The number of hydrogen-bond donors (Lipinski definition) is 0. The molecule has 9 aromatic carbocycles. The first-order chi connectivity index (χ1) is 23.7. The molecule has 9 aromatic rings. The largest absolute Gasteiger partial charge is 0.0772 e. The smallest absolute Gasteiger partial charge is 0.00206 e. The normalized spacial score (nSPS) is 16.5. The van der Waals surface area contributed by atoms with Gasteiger partial charge in [-0.05, 0) is 123 Å². The highest BCUT2D eigenvalue weighted by Gasteiger charge is 2.27. The molecule has 0 nitrogen and oxygen atoms in total. The van der Waals surface area contributed by atoms with E-state index in [2.05, 4.69) is 171 Å². The number of rotatable bonds is 4. The van der Waals surface area contributed by atoms with Gasteiger partial charge in [0.25, 0.3) is 0 Å². The van der Waals surface area contributed by atoms with Gasteiger partial charge < -0.3 is 0 Å². The molecule has 0 fully saturated rings. The van der Waals surface area contributed by atoms with E-state index in [9.17, 15) is 0 Å². The van der Waals surface area contributed by atoms with Crippen molar-refractivity contribution in [1.82, 2.24) is 0 Å². The van der Waals surface area contributed by atoms with Crippen LogP contribution in [0, 0.1) is 5.92 Å². The molecule has 1 aliphatic carbocycles. The minimum absolute atomic E-state index is 0.446. The van der Waals surface area contributed by atoms with Crippen molar-refractivity contribution >= 4 is 59.4 Å². The molecule has 0 amide bonds. The molecule has 0 aromatic heterocycles. The number of hydrogen-bond acceptors (Lipinski definition) is 0. The Hall–Kier alpha value is -5.72. The van der Waals surface area contributed by atoms with Crippen LogP contribution in [0.1, 0.15) is 30.4 Å². The Morgan fingerprint density at radius 2 is 1.04 bits per heavy atom. The van der Waals surface area contributed by atoms with Crippen LogP contribution in [0.25, 0.3) is 81.7 Å². The molecule has 0 heterocycles. The van der Waals surface area contributed by atoms with E-state index in [-0.39, 0.29) is 0 Å². The van der Waals surface area contributed by atoms with Crippen LogP contribution in [0.5, 0.6) is 0 Å². The summed E-state index contributed by atoms with van der Waals surface area (Å²) in [5.74, 6) is 0.903. The second-order valence-corrected chi connectivity index (χ2v) is 13.7. The maximum Gasteiger partial charge on any atom is -0.00206 e. The first-order valence-electron chi connectivity index (χ1n) is 17.2. The van der Waals surface area contributed by atoms with Gasteiger partial charge in [-0.3, -0.25) is 0 Å². The standard InChI is InChI=1S/C48H34/c1-30-25-40(34-13-7-16-39(26-34)47-42-17-4-2-9-36(42)28-37-10-3-5-18-43(37)47)29-45(30)38-15-8-14-35(27-38)41-23-21-33-20-19-31-11-6-12-32-22-24-44(41)48(33)46(31)32/h2-28,30,45H,29H2,1H3. The van der Waals surface area contributed by atoms with Crippen molar-refractivity contribution in [2.75, 3.05) is 0 Å². The summed E-state index contributed by atoms with van der Waals surface area (Å²) in [4.78, 5) is 0. The van der Waals surface area contributed by atoms with Gasteiger partial charge in [0.15, 0.2) is 0 Å². The van der Waals surface area contributed by atoms with E-state index in [0.29, 0.717) is 11.8 Å². The van der Waals surface area contributed by atoms with Crippen LogP contribution in [-0.2, 0) is 0 Å². The van der Waals surface area contributed by atoms with E-state index in [0.717, 1.165) is 6.42 Å². The Morgan fingerprint density at radius 3 is 1.83 bits per heavy atom. The second-order valence-electron chi connectivity index (χ2n) is 13.7. The summed E-state index contributed by atoms with van der Waals surface area (Å²) >= 11 is 0. The molecule has 2 atom stereocenters. The van der Waals surface area contributed by atoms with Gasteiger partial charge >= 0.3 is 0 Å². The highest BCUT2D eigenvalue weighted by Crippen LogP contribution is 2.46. The molecule has 48 heavy (non-hydrogen) atoms. The van der Waals surface area contributed by atoms with E-state index in [1.807, 2.05) is 0 Å². The van der Waals surface area contributed by atoms with Gasteiger partial charge in [-0.2, -0.15) is 0 Å². The zero-order valence-electron chi connectivity index (χ0n) is 27.0. The number of benzene rings is 9. The van der Waals surface area contributed by atoms with Crippen LogP contribution >= 0.6 is 0 Å². The van der Waals surface area contributed by atoms with Gasteiger partial charge in [0.1, 0.15) is 0 Å². The zero-order valence-corrected chi connectivity index (χ0v) is 27.0. The van der Waals surface area contributed by atoms with Crippen LogP contribution in [0.2, 0.25) is 0 Å². The summed E-state index contributed by atoms with van der Waals surface area (Å²) in [5.41, 5.74) is 9.44. The molecule has 10 rings (SSSR count). The van der Waals surface area contributed by atoms with E-state index in [4.69, 9.17) is 0 Å². The van der Waals surface area contributed by atoms with Gasteiger partial charge in [0, 0.05) is 0 Å². The van der Waals surface area contributed by atoms with E-state index >= 15 is 0 Å². The summed E-state index contributed by atoms with van der Waals surface area (Å²) in [6, 6.07) is 59.0. The lowest BCUT2D eigenvalue weighted by Crippen LogP contribution is -2.02. The van der Waals surface area contributed by atoms with E-state index < -0.39 is 0 Å². The van der Waals surface area contributed by atoms with Crippen LogP contribution < -0.4 is 0 Å². The predicted molar refractivity (Wildman–Crippen MR) is 207 cm³/mol. The Bertz CT molecular complexity index is 2650. The maximum absolute atomic E-state index is 2.52. The molecule has 0 aliphatic heterocycles. The first kappa shape index (κ1) is 27.4. The molecule has 0 saturated carbocycles. The summed E-state index contributed by atoms with van der Waals surface area (Å²) in [6.07, 6.45) is 3.57. The molecular weight excluding hydrogens is 577 g/mol. The first-order valence-corrected chi connectivity index (χ1v) is 17.2. The molecule has 0 bridgehead atoms. The third-order valence-electron chi connectivity index (χ3n) is 11.0. The van der Waals surface area contributed by atoms with Crippen molar-refractivity contribution in [3.8, 4) is 22.3 Å². The average Bonchev–Trinajstić information content (AvgIpc) is 3.54. The molecular formula is C48H34.